The number of carbonyl (C=O) groups is 1. The number of nitrogens with one attached hydrogen (secondary N) is 1. The van der Waals surface area contributed by atoms with Crippen LogP contribution in [0.1, 0.15) is 27.9 Å². The molecule has 1 aliphatic heterocycles. The second kappa shape index (κ2) is 4.96. The molecule has 102 valence electrons. The predicted molar refractivity (Wildman–Crippen MR) is 78.2 cm³/mol. The number of aromatic amines is 1. The number of hydrogen-bond acceptors (Lipinski definition) is 2. The predicted octanol–water partition coefficient (Wildman–Crippen LogP) is 2.28. The van der Waals surface area contributed by atoms with Crippen molar-refractivity contribution in [2.45, 2.75) is 19.8 Å². The van der Waals surface area contributed by atoms with Crippen LogP contribution in [0.4, 0.5) is 5.69 Å². The Bertz CT molecular complexity index is 718. The Morgan fingerprint density at radius 3 is 2.95 bits per heavy atom. The lowest BCUT2D eigenvalue weighted by molar-refractivity contribution is 0.0984. The van der Waals surface area contributed by atoms with Gasteiger partial charge < -0.3 is 9.88 Å². The van der Waals surface area contributed by atoms with Gasteiger partial charge in [0.25, 0.3) is 5.91 Å². The number of hydrogen-bond donors (Lipinski definition) is 1. The van der Waals surface area contributed by atoms with Crippen LogP contribution in [0, 0.1) is 6.92 Å². The van der Waals surface area contributed by atoms with Crippen molar-refractivity contribution in [1.82, 2.24) is 4.98 Å². The molecule has 2 heterocycles. The number of amides is 1. The molecule has 0 spiro atoms. The fraction of sp³-hybridized carbons (Fsp3) is 0.250. The number of aryl methyl sites for hydroxylation is 2. The van der Waals surface area contributed by atoms with Crippen molar-refractivity contribution >= 4 is 11.6 Å². The molecular weight excluding hydrogens is 252 g/mol. The van der Waals surface area contributed by atoms with E-state index in [0.29, 0.717) is 12.1 Å². The fourth-order valence-electron chi connectivity index (χ4n) is 2.78. The highest BCUT2D eigenvalue weighted by Gasteiger charge is 2.24. The first-order valence-electron chi connectivity index (χ1n) is 6.76. The van der Waals surface area contributed by atoms with Crippen molar-refractivity contribution < 1.29 is 4.79 Å². The van der Waals surface area contributed by atoms with Crippen molar-refractivity contribution in [2.24, 2.45) is 0 Å². The monoisotopic (exact) mass is 268 g/mol. The molecule has 0 bridgehead atoms. The number of H-pyrrole nitrogens is 1. The summed E-state index contributed by atoms with van der Waals surface area (Å²) in [4.78, 5) is 28.3. The lowest BCUT2D eigenvalue weighted by Gasteiger charge is -2.31. The first kappa shape index (κ1) is 12.7. The molecule has 0 saturated carbocycles. The van der Waals surface area contributed by atoms with Gasteiger partial charge in [0, 0.05) is 24.4 Å². The fourth-order valence-corrected chi connectivity index (χ4v) is 2.78. The number of carbonyl (C=O) groups excluding carboxylic acids is 1. The van der Waals surface area contributed by atoms with E-state index in [1.54, 1.807) is 11.0 Å². The molecule has 1 aromatic heterocycles. The summed E-state index contributed by atoms with van der Waals surface area (Å²) in [5, 5.41) is 0. The van der Waals surface area contributed by atoms with Crippen molar-refractivity contribution in [3.63, 3.8) is 0 Å². The van der Waals surface area contributed by atoms with Crippen molar-refractivity contribution in [1.29, 1.82) is 0 Å². The van der Waals surface area contributed by atoms with Crippen LogP contribution >= 0.6 is 0 Å². The SMILES string of the molecule is Cc1cccc2c1N(C(=O)c1cc[nH]c(=O)c1)CCC2. The van der Waals surface area contributed by atoms with Gasteiger partial charge in [-0.1, -0.05) is 18.2 Å². The van der Waals surface area contributed by atoms with Gasteiger partial charge in [0.2, 0.25) is 5.56 Å². The Hall–Kier alpha value is -2.36. The number of para-hydroxylation sites is 1. The Balaban J connectivity index is 2.05. The molecule has 2 aromatic rings. The lowest BCUT2D eigenvalue weighted by atomic mass is 9.97. The molecule has 1 aliphatic rings. The van der Waals surface area contributed by atoms with Crippen LogP contribution in [0.3, 0.4) is 0 Å². The number of benzene rings is 1. The number of aromatic nitrogens is 1. The minimum atomic E-state index is -0.252. The van der Waals surface area contributed by atoms with Crippen LogP contribution in [0.25, 0.3) is 0 Å². The highest BCUT2D eigenvalue weighted by atomic mass is 16.2. The minimum Gasteiger partial charge on any atom is -0.329 e. The molecule has 4 nitrogen and oxygen atoms in total. The van der Waals surface area contributed by atoms with E-state index in [-0.39, 0.29) is 11.5 Å². The van der Waals surface area contributed by atoms with E-state index in [9.17, 15) is 9.59 Å². The van der Waals surface area contributed by atoms with Gasteiger partial charge >= 0.3 is 0 Å². The molecule has 0 radical (unpaired) electrons. The topological polar surface area (TPSA) is 53.2 Å². The van der Waals surface area contributed by atoms with Crippen LogP contribution in [0.5, 0.6) is 0 Å². The van der Waals surface area contributed by atoms with Crippen LogP contribution < -0.4 is 10.5 Å². The van der Waals surface area contributed by atoms with E-state index in [4.69, 9.17) is 0 Å². The maximum absolute atomic E-state index is 12.6. The highest BCUT2D eigenvalue weighted by Crippen LogP contribution is 2.31. The average molecular weight is 268 g/mol. The van der Waals surface area contributed by atoms with E-state index in [1.807, 2.05) is 19.1 Å². The summed E-state index contributed by atoms with van der Waals surface area (Å²) < 4.78 is 0. The number of nitrogens with zero attached hydrogens (tertiary/aromatic N) is 1. The van der Waals surface area contributed by atoms with E-state index < -0.39 is 0 Å². The maximum atomic E-state index is 12.6. The molecule has 1 amide bonds. The second-order valence-corrected chi connectivity index (χ2v) is 5.08. The molecule has 0 fully saturated rings. The summed E-state index contributed by atoms with van der Waals surface area (Å²) in [6, 6.07) is 9.11. The smallest absolute Gasteiger partial charge is 0.258 e. The summed E-state index contributed by atoms with van der Waals surface area (Å²) >= 11 is 0. The maximum Gasteiger partial charge on any atom is 0.258 e. The summed E-state index contributed by atoms with van der Waals surface area (Å²) in [5.41, 5.74) is 3.49. The van der Waals surface area contributed by atoms with Crippen LogP contribution in [-0.4, -0.2) is 17.4 Å². The zero-order valence-corrected chi connectivity index (χ0v) is 11.3. The van der Waals surface area contributed by atoms with Gasteiger partial charge in [0.1, 0.15) is 0 Å². The van der Waals surface area contributed by atoms with E-state index in [0.717, 1.165) is 24.1 Å². The molecule has 1 aromatic carbocycles. The quantitative estimate of drug-likeness (QED) is 0.862. The first-order chi connectivity index (χ1) is 9.66. The third kappa shape index (κ3) is 2.13. The third-order valence-corrected chi connectivity index (χ3v) is 3.69. The summed E-state index contributed by atoms with van der Waals surface area (Å²) in [7, 11) is 0. The van der Waals surface area contributed by atoms with Gasteiger partial charge in [-0.2, -0.15) is 0 Å². The number of pyridine rings is 1. The molecule has 3 rings (SSSR count). The normalized spacial score (nSPS) is 13.9. The van der Waals surface area contributed by atoms with Gasteiger partial charge in [-0.05, 0) is 37.0 Å². The average Bonchev–Trinajstić information content (AvgIpc) is 2.46. The van der Waals surface area contributed by atoms with E-state index in [1.165, 1.54) is 17.8 Å². The van der Waals surface area contributed by atoms with Crippen molar-refractivity contribution in [3.8, 4) is 0 Å². The molecule has 0 unspecified atom stereocenters. The van der Waals surface area contributed by atoms with Gasteiger partial charge in [-0.15, -0.1) is 0 Å². The summed E-state index contributed by atoms with van der Waals surface area (Å²) in [6.45, 7) is 2.71. The molecular formula is C16H16N2O2. The number of rotatable bonds is 1. The van der Waals surface area contributed by atoms with Crippen LogP contribution in [-0.2, 0) is 6.42 Å². The zero-order valence-electron chi connectivity index (χ0n) is 11.3. The molecule has 4 heteroatoms. The lowest BCUT2D eigenvalue weighted by Crippen LogP contribution is -2.36. The minimum absolute atomic E-state index is 0.105. The van der Waals surface area contributed by atoms with Gasteiger partial charge in [-0.25, -0.2) is 0 Å². The van der Waals surface area contributed by atoms with Crippen molar-refractivity contribution in [2.75, 3.05) is 11.4 Å². The Labute approximate surface area is 117 Å². The molecule has 0 atom stereocenters. The number of anilines is 1. The molecule has 0 aliphatic carbocycles. The van der Waals surface area contributed by atoms with Crippen LogP contribution in [0.2, 0.25) is 0 Å². The Morgan fingerprint density at radius 2 is 2.15 bits per heavy atom. The van der Waals surface area contributed by atoms with Gasteiger partial charge in [-0.3, -0.25) is 9.59 Å². The summed E-state index contributed by atoms with van der Waals surface area (Å²) in [5.74, 6) is -0.105. The van der Waals surface area contributed by atoms with E-state index in [2.05, 4.69) is 11.1 Å². The molecule has 1 N–H and O–H groups in total. The highest BCUT2D eigenvalue weighted by molar-refractivity contribution is 6.07. The van der Waals surface area contributed by atoms with Gasteiger partial charge in [0.05, 0.1) is 5.69 Å². The number of fused-ring (bicyclic) bond motifs is 1. The molecule has 20 heavy (non-hydrogen) atoms. The largest absolute Gasteiger partial charge is 0.329 e. The Kier molecular flexibility index (Phi) is 3.14. The van der Waals surface area contributed by atoms with Crippen molar-refractivity contribution in [3.05, 3.63) is 63.6 Å². The zero-order chi connectivity index (χ0) is 14.1. The molecule has 0 saturated heterocycles. The standard InChI is InChI=1S/C16H16N2O2/c1-11-4-2-5-12-6-3-9-18(15(11)12)16(20)13-7-8-17-14(19)10-13/h2,4-5,7-8,10H,3,6,9H2,1H3,(H,17,19). The third-order valence-electron chi connectivity index (χ3n) is 3.69. The van der Waals surface area contributed by atoms with Crippen LogP contribution in [0.15, 0.2) is 41.3 Å². The second-order valence-electron chi connectivity index (χ2n) is 5.08. The van der Waals surface area contributed by atoms with Gasteiger partial charge in [0.15, 0.2) is 0 Å². The summed E-state index contributed by atoms with van der Waals surface area (Å²) in [6.07, 6.45) is 3.46. The Morgan fingerprint density at radius 1 is 1.30 bits per heavy atom. The first-order valence-corrected chi connectivity index (χ1v) is 6.76. The van der Waals surface area contributed by atoms with E-state index >= 15 is 0 Å².